The Bertz CT molecular complexity index is 366. The number of aliphatic carboxylic acids is 1. The molecular formula is C11H21NO4S. The van der Waals surface area contributed by atoms with Crippen molar-refractivity contribution >= 4 is 16.0 Å². The highest BCUT2D eigenvalue weighted by Crippen LogP contribution is 2.26. The number of carboxylic acid groups (broad SMARTS) is 1. The molecule has 2 atom stereocenters. The quantitative estimate of drug-likeness (QED) is 0.807. The van der Waals surface area contributed by atoms with Gasteiger partial charge in [-0.05, 0) is 31.6 Å². The molecule has 0 amide bonds. The number of hydrogen-bond donors (Lipinski definition) is 1. The molecule has 1 fully saturated rings. The Morgan fingerprint density at radius 1 is 1.53 bits per heavy atom. The molecule has 1 saturated heterocycles. The molecule has 0 aromatic rings. The maximum absolute atomic E-state index is 11.4. The minimum atomic E-state index is -3.14. The number of hydrogen-bond acceptors (Lipinski definition) is 3. The predicted molar refractivity (Wildman–Crippen MR) is 65.2 cm³/mol. The summed E-state index contributed by atoms with van der Waals surface area (Å²) >= 11 is 0. The molecule has 0 spiro atoms. The van der Waals surface area contributed by atoms with E-state index < -0.39 is 16.0 Å². The van der Waals surface area contributed by atoms with Crippen molar-refractivity contribution in [1.82, 2.24) is 4.31 Å². The number of piperidine rings is 1. The Labute approximate surface area is 103 Å². The van der Waals surface area contributed by atoms with Crippen LogP contribution in [0.15, 0.2) is 0 Å². The molecule has 1 aliphatic rings. The van der Waals surface area contributed by atoms with Gasteiger partial charge in [-0.3, -0.25) is 4.79 Å². The van der Waals surface area contributed by atoms with Gasteiger partial charge in [0, 0.05) is 13.1 Å². The third-order valence-electron chi connectivity index (χ3n) is 3.41. The first kappa shape index (κ1) is 14.4. The first-order chi connectivity index (χ1) is 7.84. The molecule has 0 aliphatic carbocycles. The van der Waals surface area contributed by atoms with Crippen LogP contribution in [-0.2, 0) is 14.8 Å². The molecule has 0 bridgehead atoms. The third kappa shape index (κ3) is 4.27. The maximum Gasteiger partial charge on any atom is 0.306 e. The zero-order valence-electron chi connectivity index (χ0n) is 10.4. The topological polar surface area (TPSA) is 74.7 Å². The van der Waals surface area contributed by atoms with Crippen LogP contribution in [0.4, 0.5) is 0 Å². The van der Waals surface area contributed by atoms with Crippen LogP contribution in [0.3, 0.4) is 0 Å². The van der Waals surface area contributed by atoms with E-state index in [1.807, 2.05) is 6.92 Å². The summed E-state index contributed by atoms with van der Waals surface area (Å²) in [5, 5.41) is 9.00. The summed E-state index contributed by atoms with van der Waals surface area (Å²) in [7, 11) is -3.14. The van der Waals surface area contributed by atoms with Crippen LogP contribution in [-0.4, -0.2) is 43.1 Å². The Morgan fingerprint density at radius 3 is 2.65 bits per heavy atom. The Balaban J connectivity index is 2.58. The second-order valence-corrected chi connectivity index (χ2v) is 6.79. The highest BCUT2D eigenvalue weighted by atomic mass is 32.2. The lowest BCUT2D eigenvalue weighted by molar-refractivity contribution is -0.142. The van der Waals surface area contributed by atoms with Crippen LogP contribution in [0.2, 0.25) is 0 Å². The maximum atomic E-state index is 11.4. The number of carbonyl (C=O) groups is 1. The van der Waals surface area contributed by atoms with Crippen molar-refractivity contribution in [2.75, 3.05) is 19.3 Å². The second kappa shape index (κ2) is 5.82. The molecule has 2 unspecified atom stereocenters. The molecule has 0 aromatic heterocycles. The second-order valence-electron chi connectivity index (χ2n) is 4.81. The van der Waals surface area contributed by atoms with Crippen LogP contribution in [0.1, 0.15) is 32.6 Å². The first-order valence-electron chi connectivity index (χ1n) is 6.02. The molecular weight excluding hydrogens is 242 g/mol. The van der Waals surface area contributed by atoms with Crippen molar-refractivity contribution in [1.29, 1.82) is 0 Å². The summed E-state index contributed by atoms with van der Waals surface area (Å²) in [5.41, 5.74) is 0. The fraction of sp³-hybridized carbons (Fsp3) is 0.909. The van der Waals surface area contributed by atoms with Gasteiger partial charge in [0.05, 0.1) is 12.2 Å². The Hall–Kier alpha value is -0.620. The molecule has 100 valence electrons. The molecule has 0 aromatic carbocycles. The van der Waals surface area contributed by atoms with E-state index in [9.17, 15) is 13.2 Å². The van der Waals surface area contributed by atoms with E-state index in [0.29, 0.717) is 25.9 Å². The Morgan fingerprint density at radius 2 is 2.18 bits per heavy atom. The van der Waals surface area contributed by atoms with E-state index in [1.165, 1.54) is 10.6 Å². The lowest BCUT2D eigenvalue weighted by Crippen LogP contribution is -2.40. The molecule has 1 rings (SSSR count). The van der Waals surface area contributed by atoms with Gasteiger partial charge in [-0.25, -0.2) is 12.7 Å². The molecule has 6 heteroatoms. The summed E-state index contributed by atoms with van der Waals surface area (Å²) in [6.45, 7) is 2.90. The van der Waals surface area contributed by atoms with Gasteiger partial charge in [0.15, 0.2) is 0 Å². The summed E-state index contributed by atoms with van der Waals surface area (Å²) in [6, 6.07) is 0. The van der Waals surface area contributed by atoms with Gasteiger partial charge in [0.1, 0.15) is 0 Å². The molecule has 5 nitrogen and oxygen atoms in total. The van der Waals surface area contributed by atoms with E-state index in [4.69, 9.17) is 5.11 Å². The van der Waals surface area contributed by atoms with Crippen molar-refractivity contribution in [2.45, 2.75) is 32.6 Å². The number of rotatable bonds is 5. The Kier molecular flexibility index (Phi) is 4.94. The van der Waals surface area contributed by atoms with Crippen molar-refractivity contribution in [2.24, 2.45) is 11.8 Å². The van der Waals surface area contributed by atoms with E-state index in [2.05, 4.69) is 0 Å². The molecule has 0 radical (unpaired) electrons. The summed E-state index contributed by atoms with van der Waals surface area (Å²) in [6.07, 6.45) is 4.15. The van der Waals surface area contributed by atoms with Gasteiger partial charge in [-0.15, -0.1) is 0 Å². The van der Waals surface area contributed by atoms with Gasteiger partial charge in [-0.2, -0.15) is 0 Å². The average molecular weight is 263 g/mol. The highest BCUT2D eigenvalue weighted by molar-refractivity contribution is 7.88. The minimum Gasteiger partial charge on any atom is -0.481 e. The smallest absolute Gasteiger partial charge is 0.306 e. The zero-order valence-corrected chi connectivity index (χ0v) is 11.2. The predicted octanol–water partition coefficient (Wildman–Crippen LogP) is 1.16. The fourth-order valence-corrected chi connectivity index (χ4v) is 3.31. The van der Waals surface area contributed by atoms with Crippen molar-refractivity contribution in [3.63, 3.8) is 0 Å². The SMILES string of the molecule is CCC(CC1CCCN(S(C)(=O)=O)C1)C(=O)O. The lowest BCUT2D eigenvalue weighted by Gasteiger charge is -2.32. The lowest BCUT2D eigenvalue weighted by atomic mass is 9.88. The molecule has 0 saturated carbocycles. The van der Waals surface area contributed by atoms with Gasteiger partial charge in [0.25, 0.3) is 0 Å². The van der Waals surface area contributed by atoms with Crippen LogP contribution in [0, 0.1) is 11.8 Å². The van der Waals surface area contributed by atoms with Crippen LogP contribution < -0.4 is 0 Å². The third-order valence-corrected chi connectivity index (χ3v) is 4.68. The minimum absolute atomic E-state index is 0.180. The monoisotopic (exact) mass is 263 g/mol. The number of sulfonamides is 1. The summed E-state index contributed by atoms with van der Waals surface area (Å²) in [4.78, 5) is 11.0. The normalized spacial score (nSPS) is 24.5. The zero-order chi connectivity index (χ0) is 13.1. The number of carboxylic acids is 1. The van der Waals surface area contributed by atoms with E-state index in [0.717, 1.165) is 12.8 Å². The van der Waals surface area contributed by atoms with Crippen molar-refractivity contribution in [3.8, 4) is 0 Å². The van der Waals surface area contributed by atoms with Crippen LogP contribution in [0.25, 0.3) is 0 Å². The van der Waals surface area contributed by atoms with E-state index >= 15 is 0 Å². The van der Waals surface area contributed by atoms with Crippen molar-refractivity contribution in [3.05, 3.63) is 0 Å². The number of nitrogens with zero attached hydrogens (tertiary/aromatic N) is 1. The molecule has 1 N–H and O–H groups in total. The fourth-order valence-electron chi connectivity index (χ4n) is 2.36. The van der Waals surface area contributed by atoms with Crippen LogP contribution >= 0.6 is 0 Å². The average Bonchev–Trinajstić information content (AvgIpc) is 2.24. The molecule has 1 aliphatic heterocycles. The van der Waals surface area contributed by atoms with Gasteiger partial charge in [0.2, 0.25) is 10.0 Å². The summed E-state index contributed by atoms with van der Waals surface area (Å²) in [5.74, 6) is -0.942. The van der Waals surface area contributed by atoms with Crippen LogP contribution in [0.5, 0.6) is 0 Å². The van der Waals surface area contributed by atoms with Crippen molar-refractivity contribution < 1.29 is 18.3 Å². The summed E-state index contributed by atoms with van der Waals surface area (Å²) < 4.78 is 24.3. The molecule has 17 heavy (non-hydrogen) atoms. The van der Waals surface area contributed by atoms with Gasteiger partial charge in [-0.1, -0.05) is 6.92 Å². The van der Waals surface area contributed by atoms with E-state index in [1.54, 1.807) is 0 Å². The van der Waals surface area contributed by atoms with Gasteiger partial charge >= 0.3 is 5.97 Å². The standard InChI is InChI=1S/C11H21NO4S/c1-3-10(11(13)14)7-9-5-4-6-12(8-9)17(2,15)16/h9-10H,3-8H2,1-2H3,(H,13,14). The highest BCUT2D eigenvalue weighted by Gasteiger charge is 2.29. The first-order valence-corrected chi connectivity index (χ1v) is 7.87. The van der Waals surface area contributed by atoms with Gasteiger partial charge < -0.3 is 5.11 Å². The largest absolute Gasteiger partial charge is 0.481 e. The molecule has 1 heterocycles. The van der Waals surface area contributed by atoms with E-state index in [-0.39, 0.29) is 11.8 Å².